The van der Waals surface area contributed by atoms with Gasteiger partial charge in [0.2, 0.25) is 0 Å². The highest BCUT2D eigenvalue weighted by Gasteiger charge is 2.27. The maximum atomic E-state index is 13.8. The second kappa shape index (κ2) is 17.6. The molecule has 246 valence electrons. The van der Waals surface area contributed by atoms with Gasteiger partial charge in [-0.05, 0) is 95.9 Å². The number of nitrogens with zero attached hydrogens (tertiary/aromatic N) is 3. The molecule has 0 saturated carbocycles. The highest BCUT2D eigenvalue weighted by molar-refractivity contribution is 7.90. The quantitative estimate of drug-likeness (QED) is 0.129. The number of unbranched alkanes of at least 4 members (excludes halogenated alkanes) is 6. The third kappa shape index (κ3) is 10.8. The maximum Gasteiger partial charge on any atom is 0.283 e. The van der Waals surface area contributed by atoms with E-state index >= 15 is 0 Å². The zero-order chi connectivity index (χ0) is 33.0. The zero-order valence-electron chi connectivity index (χ0n) is 29.1. The first kappa shape index (κ1) is 36.5. The molecule has 45 heavy (non-hydrogen) atoms. The smallest absolute Gasteiger partial charge is 0.283 e. The van der Waals surface area contributed by atoms with Crippen LogP contribution in [0.1, 0.15) is 141 Å². The van der Waals surface area contributed by atoms with E-state index in [1.54, 1.807) is 12.2 Å². The first-order valence-electron chi connectivity index (χ1n) is 17.3. The summed E-state index contributed by atoms with van der Waals surface area (Å²) in [5, 5.41) is 0. The van der Waals surface area contributed by atoms with Crippen LogP contribution in [0.25, 0.3) is 0 Å². The molecule has 0 saturated heterocycles. The van der Waals surface area contributed by atoms with Crippen LogP contribution in [0.5, 0.6) is 0 Å². The van der Waals surface area contributed by atoms with Crippen LogP contribution in [0, 0.1) is 0 Å². The Balaban J connectivity index is 1.80. The molecule has 5 nitrogen and oxygen atoms in total. The summed E-state index contributed by atoms with van der Waals surface area (Å²) in [7, 11) is -3.92. The molecule has 1 aliphatic carbocycles. The summed E-state index contributed by atoms with van der Waals surface area (Å²) < 4.78 is 31.9. The van der Waals surface area contributed by atoms with Gasteiger partial charge in [0, 0.05) is 18.8 Å². The van der Waals surface area contributed by atoms with Gasteiger partial charge in [0.25, 0.3) is 10.0 Å². The Hall–Kier alpha value is -2.99. The lowest BCUT2D eigenvalue weighted by atomic mass is 9.89. The summed E-state index contributed by atoms with van der Waals surface area (Å²) in [6.45, 7) is 19.2. The van der Waals surface area contributed by atoms with E-state index < -0.39 is 10.0 Å². The third-order valence-corrected chi connectivity index (χ3v) is 9.89. The zero-order valence-corrected chi connectivity index (χ0v) is 30.0. The first-order valence-corrected chi connectivity index (χ1v) is 18.7. The summed E-state index contributed by atoms with van der Waals surface area (Å²) in [5.41, 5.74) is 6.14. The van der Waals surface area contributed by atoms with E-state index in [1.807, 2.05) is 39.8 Å². The van der Waals surface area contributed by atoms with Crippen molar-refractivity contribution in [2.75, 3.05) is 18.0 Å². The van der Waals surface area contributed by atoms with Crippen molar-refractivity contribution in [3.8, 4) is 0 Å². The van der Waals surface area contributed by atoms with Gasteiger partial charge in [-0.2, -0.15) is 12.8 Å². The van der Waals surface area contributed by atoms with Crippen molar-refractivity contribution in [3.05, 3.63) is 77.4 Å². The molecule has 1 aliphatic rings. The van der Waals surface area contributed by atoms with Crippen LogP contribution in [-0.2, 0) is 10.0 Å². The number of hydrogen-bond donors (Lipinski definition) is 0. The average Bonchev–Trinajstić information content (AvgIpc) is 3.00. The molecule has 0 spiro atoms. The van der Waals surface area contributed by atoms with Crippen molar-refractivity contribution in [2.45, 2.75) is 129 Å². The molecular formula is C39H57N3O2S. The number of sulfonamides is 1. The number of rotatable bonds is 17. The number of anilines is 1. The molecule has 2 aromatic carbocycles. The Morgan fingerprint density at radius 3 is 1.58 bits per heavy atom. The van der Waals surface area contributed by atoms with Crippen molar-refractivity contribution in [1.82, 2.24) is 0 Å². The summed E-state index contributed by atoms with van der Waals surface area (Å²) >= 11 is 0. The highest BCUT2D eigenvalue weighted by atomic mass is 32.2. The Labute approximate surface area is 274 Å². The number of benzene rings is 2. The molecule has 0 radical (unpaired) electrons. The maximum absolute atomic E-state index is 13.8. The SMILES string of the molecule is CCCCCCN(CCCCCC)c1ccc(N=C2C=CC(=NS(=O)(=O)c3c(C(C)C)cc(C(C)C)cc3C(C)C)C=C2)cc1. The fourth-order valence-electron chi connectivity index (χ4n) is 5.68. The Morgan fingerprint density at radius 1 is 0.644 bits per heavy atom. The minimum Gasteiger partial charge on any atom is -0.372 e. The van der Waals surface area contributed by atoms with Crippen LogP contribution in [0.15, 0.2) is 75.0 Å². The number of hydrogen-bond acceptors (Lipinski definition) is 4. The normalized spacial score (nSPS) is 13.4. The van der Waals surface area contributed by atoms with Crippen LogP contribution in [0.4, 0.5) is 11.4 Å². The van der Waals surface area contributed by atoms with Crippen molar-refractivity contribution >= 4 is 32.8 Å². The van der Waals surface area contributed by atoms with Gasteiger partial charge in [-0.1, -0.05) is 106 Å². The molecule has 3 rings (SSSR count). The predicted octanol–water partition coefficient (Wildman–Crippen LogP) is 11.1. The molecule has 0 N–H and O–H groups in total. The van der Waals surface area contributed by atoms with E-state index in [0.717, 1.165) is 41.2 Å². The molecule has 0 unspecified atom stereocenters. The highest BCUT2D eigenvalue weighted by Crippen LogP contribution is 2.36. The van der Waals surface area contributed by atoms with Gasteiger partial charge >= 0.3 is 0 Å². The number of allylic oxidation sites excluding steroid dienone is 4. The fraction of sp³-hybridized carbons (Fsp3) is 0.538. The van der Waals surface area contributed by atoms with Crippen LogP contribution < -0.4 is 4.90 Å². The van der Waals surface area contributed by atoms with Crippen molar-refractivity contribution in [1.29, 1.82) is 0 Å². The van der Waals surface area contributed by atoms with Crippen LogP contribution >= 0.6 is 0 Å². The van der Waals surface area contributed by atoms with E-state index in [9.17, 15) is 8.42 Å². The van der Waals surface area contributed by atoms with Crippen molar-refractivity contribution < 1.29 is 8.42 Å². The fourth-order valence-corrected chi connectivity index (χ4v) is 7.35. The number of aliphatic imine (C=N–C) groups is 1. The van der Waals surface area contributed by atoms with E-state index in [2.05, 4.69) is 73.4 Å². The topological polar surface area (TPSA) is 62.1 Å². The third-order valence-electron chi connectivity index (χ3n) is 8.45. The summed E-state index contributed by atoms with van der Waals surface area (Å²) in [6, 6.07) is 12.6. The summed E-state index contributed by atoms with van der Waals surface area (Å²) in [6.07, 6.45) is 17.3. The minimum absolute atomic E-state index is 0.0583. The first-order chi connectivity index (χ1) is 21.5. The largest absolute Gasteiger partial charge is 0.372 e. The lowest BCUT2D eigenvalue weighted by molar-refractivity contribution is 0.592. The summed E-state index contributed by atoms with van der Waals surface area (Å²) in [5.74, 6) is 0.428. The lowest BCUT2D eigenvalue weighted by Crippen LogP contribution is -2.25. The second-order valence-corrected chi connectivity index (χ2v) is 14.9. The van der Waals surface area contributed by atoms with Crippen LogP contribution in [0.3, 0.4) is 0 Å². The van der Waals surface area contributed by atoms with Gasteiger partial charge in [0.05, 0.1) is 22.0 Å². The Morgan fingerprint density at radius 2 is 1.13 bits per heavy atom. The van der Waals surface area contributed by atoms with E-state index in [4.69, 9.17) is 4.99 Å². The Bertz CT molecular complexity index is 1400. The van der Waals surface area contributed by atoms with Gasteiger partial charge in [0.1, 0.15) is 0 Å². The van der Waals surface area contributed by atoms with Gasteiger partial charge in [-0.15, -0.1) is 0 Å². The van der Waals surface area contributed by atoms with E-state index in [1.165, 1.54) is 57.1 Å². The van der Waals surface area contributed by atoms with Gasteiger partial charge in [0.15, 0.2) is 0 Å². The van der Waals surface area contributed by atoms with Crippen LogP contribution in [0.2, 0.25) is 0 Å². The Kier molecular flexibility index (Phi) is 14.3. The molecule has 0 fully saturated rings. The molecule has 0 bridgehead atoms. The summed E-state index contributed by atoms with van der Waals surface area (Å²) in [4.78, 5) is 7.68. The standard InChI is InChI=1S/C39H57N3O2S/c1-9-11-13-15-25-42(26-16-14-12-10-2)36-23-21-34(22-24-36)40-33-17-19-35(20-18-33)41-45(43,44)39-37(30(5)6)27-32(29(3)4)28-38(39)31(7)8/h17-24,27-31H,9-16,25-26H2,1-8H3. The predicted molar refractivity (Wildman–Crippen MR) is 196 cm³/mol. The molecule has 6 heteroatoms. The molecular weight excluding hydrogens is 575 g/mol. The van der Waals surface area contributed by atoms with Crippen LogP contribution in [-0.4, -0.2) is 32.9 Å². The molecule has 0 amide bonds. The molecule has 0 aliphatic heterocycles. The van der Waals surface area contributed by atoms with Gasteiger partial charge < -0.3 is 4.90 Å². The molecule has 0 aromatic heterocycles. The minimum atomic E-state index is -3.92. The molecule has 2 aromatic rings. The molecule has 0 atom stereocenters. The monoisotopic (exact) mass is 631 g/mol. The lowest BCUT2D eigenvalue weighted by Gasteiger charge is -2.25. The second-order valence-electron chi connectivity index (χ2n) is 13.3. The van der Waals surface area contributed by atoms with Gasteiger partial charge in [-0.25, -0.2) is 4.99 Å². The average molecular weight is 632 g/mol. The van der Waals surface area contributed by atoms with Crippen molar-refractivity contribution in [2.24, 2.45) is 9.39 Å². The van der Waals surface area contributed by atoms with Crippen molar-refractivity contribution in [3.63, 3.8) is 0 Å². The van der Waals surface area contributed by atoms with E-state index in [-0.39, 0.29) is 11.8 Å². The van der Waals surface area contributed by atoms with Gasteiger partial charge in [-0.3, -0.25) is 0 Å². The molecule has 0 heterocycles. The van der Waals surface area contributed by atoms with E-state index in [0.29, 0.717) is 16.5 Å².